The molecule has 1 aromatic rings. The van der Waals surface area contributed by atoms with Crippen LogP contribution in [0.4, 0.5) is 13.2 Å². The number of halogens is 3. The zero-order valence-corrected chi connectivity index (χ0v) is 11.7. The minimum absolute atomic E-state index is 0.0252. The molecule has 2 atom stereocenters. The normalized spacial score (nSPS) is 22.1. The standard InChI is InChI=1S/C13H18F3N3O2/c1-2-7-3-4-8(11(17)20)9-10(7)19(12(21)18-9)6-5-13(14,15)16/h7-8H,2-6H2,1H3,(H2,17,20)(H,18,21). The van der Waals surface area contributed by atoms with Gasteiger partial charge in [0.05, 0.1) is 18.0 Å². The summed E-state index contributed by atoms with van der Waals surface area (Å²) in [6, 6.07) is 0. The summed E-state index contributed by atoms with van der Waals surface area (Å²) < 4.78 is 38.3. The van der Waals surface area contributed by atoms with Crippen molar-refractivity contribution in [3.63, 3.8) is 0 Å². The molecule has 118 valence electrons. The van der Waals surface area contributed by atoms with Crippen LogP contribution < -0.4 is 11.4 Å². The zero-order valence-electron chi connectivity index (χ0n) is 11.7. The van der Waals surface area contributed by atoms with E-state index < -0.39 is 36.7 Å². The summed E-state index contributed by atoms with van der Waals surface area (Å²) in [6.45, 7) is 1.47. The zero-order chi connectivity index (χ0) is 15.8. The van der Waals surface area contributed by atoms with Crippen LogP contribution in [-0.4, -0.2) is 21.6 Å². The highest BCUT2D eigenvalue weighted by Gasteiger charge is 2.35. The Morgan fingerprint density at radius 2 is 2.10 bits per heavy atom. The van der Waals surface area contributed by atoms with Gasteiger partial charge in [-0.05, 0) is 19.3 Å². The molecule has 8 heteroatoms. The van der Waals surface area contributed by atoms with Crippen LogP contribution in [0, 0.1) is 0 Å². The molecule has 2 rings (SSSR count). The van der Waals surface area contributed by atoms with Crippen molar-refractivity contribution in [3.05, 3.63) is 21.9 Å². The quantitative estimate of drug-likeness (QED) is 0.892. The van der Waals surface area contributed by atoms with Crippen LogP contribution in [0.3, 0.4) is 0 Å². The predicted molar refractivity (Wildman–Crippen MR) is 69.9 cm³/mol. The van der Waals surface area contributed by atoms with Crippen LogP contribution in [0.15, 0.2) is 4.79 Å². The number of carbonyl (C=O) groups is 1. The summed E-state index contributed by atoms with van der Waals surface area (Å²) in [5.41, 5.74) is 5.63. The van der Waals surface area contributed by atoms with Crippen molar-refractivity contribution in [2.45, 2.75) is 57.2 Å². The van der Waals surface area contributed by atoms with Crippen LogP contribution >= 0.6 is 0 Å². The van der Waals surface area contributed by atoms with Crippen molar-refractivity contribution in [2.24, 2.45) is 5.73 Å². The van der Waals surface area contributed by atoms with Gasteiger partial charge in [0.15, 0.2) is 0 Å². The molecule has 1 aromatic heterocycles. The number of fused-ring (bicyclic) bond motifs is 1. The number of imidazole rings is 1. The number of hydrogen-bond acceptors (Lipinski definition) is 2. The Labute approximate surface area is 119 Å². The fraction of sp³-hybridized carbons (Fsp3) is 0.692. The van der Waals surface area contributed by atoms with E-state index in [1.54, 1.807) is 0 Å². The molecule has 0 aliphatic heterocycles. The summed E-state index contributed by atoms with van der Waals surface area (Å²) >= 11 is 0. The molecule has 0 radical (unpaired) electrons. The topological polar surface area (TPSA) is 80.9 Å². The van der Waals surface area contributed by atoms with Crippen LogP contribution in [0.2, 0.25) is 0 Å². The summed E-state index contributed by atoms with van der Waals surface area (Å²) in [6.07, 6.45) is -3.56. The van der Waals surface area contributed by atoms with Gasteiger partial charge in [-0.2, -0.15) is 13.2 Å². The van der Waals surface area contributed by atoms with Crippen LogP contribution in [-0.2, 0) is 11.3 Å². The molecule has 1 amide bonds. The van der Waals surface area contributed by atoms with E-state index in [2.05, 4.69) is 4.98 Å². The molecule has 21 heavy (non-hydrogen) atoms. The third-order valence-electron chi connectivity index (χ3n) is 4.05. The molecule has 1 aliphatic carbocycles. The Morgan fingerprint density at radius 1 is 1.43 bits per heavy atom. The highest BCUT2D eigenvalue weighted by atomic mass is 19.4. The first-order chi connectivity index (χ1) is 9.74. The molecule has 3 N–H and O–H groups in total. The number of amides is 1. The first-order valence-electron chi connectivity index (χ1n) is 6.93. The van der Waals surface area contributed by atoms with E-state index in [1.165, 1.54) is 0 Å². The molecule has 0 aromatic carbocycles. The first-order valence-corrected chi connectivity index (χ1v) is 6.93. The van der Waals surface area contributed by atoms with Crippen LogP contribution in [0.25, 0.3) is 0 Å². The van der Waals surface area contributed by atoms with E-state index in [-0.39, 0.29) is 5.92 Å². The van der Waals surface area contributed by atoms with E-state index in [0.717, 1.165) is 4.57 Å². The van der Waals surface area contributed by atoms with Crippen molar-refractivity contribution >= 4 is 5.91 Å². The van der Waals surface area contributed by atoms with E-state index in [4.69, 9.17) is 5.73 Å². The third-order valence-corrected chi connectivity index (χ3v) is 4.05. The number of nitrogens with one attached hydrogen (secondary N) is 1. The van der Waals surface area contributed by atoms with Gasteiger partial charge in [0.25, 0.3) is 0 Å². The lowest BCUT2D eigenvalue weighted by Crippen LogP contribution is -2.28. The summed E-state index contributed by atoms with van der Waals surface area (Å²) in [7, 11) is 0. The Hall–Kier alpha value is -1.73. The maximum Gasteiger partial charge on any atom is 0.390 e. The molecule has 5 nitrogen and oxygen atoms in total. The average Bonchev–Trinajstić information content (AvgIpc) is 2.70. The van der Waals surface area contributed by atoms with Gasteiger partial charge in [0.1, 0.15) is 0 Å². The van der Waals surface area contributed by atoms with E-state index in [1.807, 2.05) is 6.92 Å². The molecule has 0 spiro atoms. The SMILES string of the molecule is CCC1CCC(C(N)=O)c2[nH]c(=O)n(CCC(F)(F)F)c21. The van der Waals surface area contributed by atoms with Gasteiger partial charge in [0.2, 0.25) is 5.91 Å². The minimum Gasteiger partial charge on any atom is -0.369 e. The van der Waals surface area contributed by atoms with Crippen LogP contribution in [0.1, 0.15) is 55.8 Å². The number of alkyl halides is 3. The van der Waals surface area contributed by atoms with Crippen molar-refractivity contribution in [3.8, 4) is 0 Å². The summed E-state index contributed by atoms with van der Waals surface area (Å²) in [5, 5.41) is 0. The maximum absolute atomic E-state index is 12.4. The summed E-state index contributed by atoms with van der Waals surface area (Å²) in [5.74, 6) is -1.21. The predicted octanol–water partition coefficient (Wildman–Crippen LogP) is 1.99. The Kier molecular flexibility index (Phi) is 4.15. The molecular formula is C13H18F3N3O2. The number of aromatic nitrogens is 2. The van der Waals surface area contributed by atoms with Crippen molar-refractivity contribution in [1.29, 1.82) is 0 Å². The second kappa shape index (κ2) is 5.57. The molecule has 0 saturated carbocycles. The highest BCUT2D eigenvalue weighted by molar-refractivity contribution is 5.82. The van der Waals surface area contributed by atoms with Gasteiger partial charge in [-0.3, -0.25) is 9.36 Å². The van der Waals surface area contributed by atoms with Crippen molar-refractivity contribution < 1.29 is 18.0 Å². The molecule has 1 heterocycles. The smallest absolute Gasteiger partial charge is 0.369 e. The van der Waals surface area contributed by atoms with Crippen LogP contribution in [0.5, 0.6) is 0 Å². The second-order valence-electron chi connectivity index (χ2n) is 5.38. The van der Waals surface area contributed by atoms with E-state index in [0.29, 0.717) is 30.7 Å². The van der Waals surface area contributed by atoms with Gasteiger partial charge >= 0.3 is 11.9 Å². The fourth-order valence-electron chi connectivity index (χ4n) is 3.00. The molecule has 2 unspecified atom stereocenters. The van der Waals surface area contributed by atoms with Crippen molar-refractivity contribution in [2.75, 3.05) is 0 Å². The molecule has 1 aliphatic rings. The molecule has 0 bridgehead atoms. The molecule has 0 saturated heterocycles. The maximum atomic E-state index is 12.4. The number of primary amides is 1. The molecule has 0 fully saturated rings. The first kappa shape index (κ1) is 15.7. The highest BCUT2D eigenvalue weighted by Crippen LogP contribution is 2.39. The number of rotatable bonds is 4. The number of H-pyrrole nitrogens is 1. The third kappa shape index (κ3) is 3.14. The lowest BCUT2D eigenvalue weighted by molar-refractivity contribution is -0.137. The number of hydrogen-bond donors (Lipinski definition) is 2. The second-order valence-corrected chi connectivity index (χ2v) is 5.38. The Morgan fingerprint density at radius 3 is 2.62 bits per heavy atom. The Balaban J connectivity index is 2.43. The monoisotopic (exact) mass is 305 g/mol. The van der Waals surface area contributed by atoms with Gasteiger partial charge < -0.3 is 10.7 Å². The van der Waals surface area contributed by atoms with Crippen molar-refractivity contribution in [1.82, 2.24) is 9.55 Å². The van der Waals surface area contributed by atoms with Gasteiger partial charge in [-0.15, -0.1) is 0 Å². The average molecular weight is 305 g/mol. The number of carbonyl (C=O) groups excluding carboxylic acids is 1. The molecular weight excluding hydrogens is 287 g/mol. The largest absolute Gasteiger partial charge is 0.390 e. The lowest BCUT2D eigenvalue weighted by Gasteiger charge is -2.27. The van der Waals surface area contributed by atoms with E-state index in [9.17, 15) is 22.8 Å². The van der Waals surface area contributed by atoms with Gasteiger partial charge in [-0.1, -0.05) is 6.92 Å². The van der Waals surface area contributed by atoms with Gasteiger partial charge in [-0.25, -0.2) is 4.79 Å². The number of aromatic amines is 1. The van der Waals surface area contributed by atoms with E-state index >= 15 is 0 Å². The number of nitrogens with two attached hydrogens (primary N) is 1. The van der Waals surface area contributed by atoms with Gasteiger partial charge in [0, 0.05) is 18.2 Å². The Bertz CT molecular complexity index is 588. The fourth-order valence-corrected chi connectivity index (χ4v) is 3.00. The minimum atomic E-state index is -4.33. The summed E-state index contributed by atoms with van der Waals surface area (Å²) in [4.78, 5) is 25.9. The number of nitrogens with zero attached hydrogens (tertiary/aromatic N) is 1. The lowest BCUT2D eigenvalue weighted by atomic mass is 9.81.